The van der Waals surface area contributed by atoms with Gasteiger partial charge in [-0.05, 0) is 13.8 Å². The van der Waals surface area contributed by atoms with Crippen LogP contribution < -0.4 is 0 Å². The summed E-state index contributed by atoms with van der Waals surface area (Å²) in [5.41, 5.74) is -0.311. The molecule has 0 saturated heterocycles. The number of hydrogen-bond donors (Lipinski definition) is 2. The second kappa shape index (κ2) is 3.96. The highest BCUT2D eigenvalue weighted by atomic mass is 32.1. The molecule has 0 radical (unpaired) electrons. The van der Waals surface area contributed by atoms with Crippen molar-refractivity contribution in [3.8, 4) is 0 Å². The molecular weight excluding hydrogens is 198 g/mol. The van der Waals surface area contributed by atoms with Crippen LogP contribution in [-0.4, -0.2) is 15.2 Å². The third kappa shape index (κ3) is 2.32. The van der Waals surface area contributed by atoms with Crippen LogP contribution >= 0.6 is 11.3 Å². The van der Waals surface area contributed by atoms with E-state index in [0.717, 1.165) is 9.88 Å². The molecule has 0 atom stereocenters. The van der Waals surface area contributed by atoms with E-state index in [0.29, 0.717) is 11.6 Å². The number of aliphatic hydroxyl groups excluding tert-OH is 1. The van der Waals surface area contributed by atoms with E-state index >= 15 is 0 Å². The normalized spacial score (nSPS) is 12.5. The van der Waals surface area contributed by atoms with E-state index < -0.39 is 5.60 Å². The van der Waals surface area contributed by atoms with Crippen molar-refractivity contribution in [1.29, 1.82) is 0 Å². The lowest BCUT2D eigenvalue weighted by Crippen LogP contribution is -2.15. The zero-order chi connectivity index (χ0) is 10.9. The highest BCUT2D eigenvalue weighted by molar-refractivity contribution is 7.12. The van der Waals surface area contributed by atoms with Crippen LogP contribution in [0.15, 0.2) is 0 Å². The van der Waals surface area contributed by atoms with Crippen molar-refractivity contribution in [1.82, 2.24) is 4.98 Å². The molecule has 80 valence electrons. The summed E-state index contributed by atoms with van der Waals surface area (Å²) in [5.74, 6) is 0.335. The molecule has 0 aliphatic heterocycles. The number of hydrogen-bond acceptors (Lipinski definition) is 4. The average Bonchev–Trinajstić information content (AvgIpc) is 2.46. The summed E-state index contributed by atoms with van der Waals surface area (Å²) >= 11 is 1.48. The molecule has 0 amide bonds. The summed E-state index contributed by atoms with van der Waals surface area (Å²) in [6.45, 7) is 7.42. The molecule has 4 heteroatoms. The van der Waals surface area contributed by atoms with Crippen LogP contribution in [0.2, 0.25) is 0 Å². The van der Waals surface area contributed by atoms with E-state index in [1.807, 2.05) is 13.8 Å². The summed E-state index contributed by atoms with van der Waals surface area (Å²) in [4.78, 5) is 5.07. The van der Waals surface area contributed by atoms with E-state index in [4.69, 9.17) is 5.11 Å². The first-order valence-electron chi connectivity index (χ1n) is 4.69. The Kier molecular flexibility index (Phi) is 3.29. The Labute approximate surface area is 88.4 Å². The molecule has 0 spiro atoms. The van der Waals surface area contributed by atoms with Crippen molar-refractivity contribution in [3.63, 3.8) is 0 Å². The predicted molar refractivity (Wildman–Crippen MR) is 57.4 cm³/mol. The SMILES string of the molecule is CC(C)c1nc(CO)c(C(C)(C)O)s1. The molecule has 1 heterocycles. The molecule has 0 aliphatic carbocycles. The molecule has 1 rings (SSSR count). The molecule has 0 saturated carbocycles. The summed E-state index contributed by atoms with van der Waals surface area (Å²) in [5, 5.41) is 19.9. The van der Waals surface area contributed by atoms with Gasteiger partial charge in [-0.3, -0.25) is 0 Å². The summed E-state index contributed by atoms with van der Waals surface area (Å²) in [6.07, 6.45) is 0. The highest BCUT2D eigenvalue weighted by Gasteiger charge is 2.25. The fraction of sp³-hybridized carbons (Fsp3) is 0.700. The number of nitrogens with zero attached hydrogens (tertiary/aromatic N) is 1. The van der Waals surface area contributed by atoms with Gasteiger partial charge in [0.05, 0.1) is 27.8 Å². The Morgan fingerprint density at radius 3 is 2.29 bits per heavy atom. The highest BCUT2D eigenvalue weighted by Crippen LogP contribution is 2.32. The molecule has 0 fully saturated rings. The molecule has 1 aromatic heterocycles. The third-order valence-electron chi connectivity index (χ3n) is 1.91. The Morgan fingerprint density at radius 1 is 1.43 bits per heavy atom. The Hall–Kier alpha value is -0.450. The molecule has 2 N–H and O–H groups in total. The Bertz CT molecular complexity index is 312. The quantitative estimate of drug-likeness (QED) is 0.810. The predicted octanol–water partition coefficient (Wildman–Crippen LogP) is 1.99. The largest absolute Gasteiger partial charge is 0.390 e. The smallest absolute Gasteiger partial charge is 0.0958 e. The molecule has 14 heavy (non-hydrogen) atoms. The number of thiazole rings is 1. The van der Waals surface area contributed by atoms with Crippen LogP contribution in [0, 0.1) is 0 Å². The Morgan fingerprint density at radius 2 is 2.00 bits per heavy atom. The first kappa shape index (κ1) is 11.6. The van der Waals surface area contributed by atoms with Crippen LogP contribution in [0.1, 0.15) is 49.2 Å². The summed E-state index contributed by atoms with van der Waals surface area (Å²) < 4.78 is 0. The Balaban J connectivity index is 3.16. The maximum atomic E-state index is 9.86. The lowest BCUT2D eigenvalue weighted by atomic mass is 10.1. The van der Waals surface area contributed by atoms with E-state index in [1.165, 1.54) is 11.3 Å². The lowest BCUT2D eigenvalue weighted by Gasteiger charge is -2.15. The number of aromatic nitrogens is 1. The zero-order valence-electron chi connectivity index (χ0n) is 9.03. The lowest BCUT2D eigenvalue weighted by molar-refractivity contribution is 0.0796. The van der Waals surface area contributed by atoms with Gasteiger partial charge in [0.2, 0.25) is 0 Å². The van der Waals surface area contributed by atoms with Gasteiger partial charge in [0.15, 0.2) is 0 Å². The number of aliphatic hydroxyl groups is 2. The standard InChI is InChI=1S/C10H17NO2S/c1-6(2)9-11-7(5-12)8(14-9)10(3,4)13/h6,12-13H,5H2,1-4H3. The van der Waals surface area contributed by atoms with Gasteiger partial charge in [-0.2, -0.15) is 0 Å². The van der Waals surface area contributed by atoms with Crippen LogP contribution in [0.5, 0.6) is 0 Å². The van der Waals surface area contributed by atoms with Crippen LogP contribution in [-0.2, 0) is 12.2 Å². The van der Waals surface area contributed by atoms with Crippen molar-refractivity contribution in [2.75, 3.05) is 0 Å². The van der Waals surface area contributed by atoms with Crippen LogP contribution in [0.3, 0.4) is 0 Å². The summed E-state index contributed by atoms with van der Waals surface area (Å²) in [6, 6.07) is 0. The van der Waals surface area contributed by atoms with Gasteiger partial charge in [0, 0.05) is 5.92 Å². The monoisotopic (exact) mass is 215 g/mol. The van der Waals surface area contributed by atoms with E-state index in [1.54, 1.807) is 13.8 Å². The first-order chi connectivity index (χ1) is 6.36. The van der Waals surface area contributed by atoms with Gasteiger partial charge < -0.3 is 10.2 Å². The second-order valence-corrected chi connectivity index (χ2v) is 5.23. The molecule has 0 aliphatic rings. The second-order valence-electron chi connectivity index (χ2n) is 4.20. The van der Waals surface area contributed by atoms with Gasteiger partial charge in [-0.1, -0.05) is 13.8 Å². The third-order valence-corrected chi connectivity index (χ3v) is 3.62. The van der Waals surface area contributed by atoms with Crippen molar-refractivity contribution in [2.24, 2.45) is 0 Å². The van der Waals surface area contributed by atoms with Gasteiger partial charge in [0.1, 0.15) is 0 Å². The summed E-state index contributed by atoms with van der Waals surface area (Å²) in [7, 11) is 0. The molecule has 0 aromatic carbocycles. The molecule has 1 aromatic rings. The number of rotatable bonds is 3. The van der Waals surface area contributed by atoms with Crippen molar-refractivity contribution in [3.05, 3.63) is 15.6 Å². The van der Waals surface area contributed by atoms with Crippen molar-refractivity contribution < 1.29 is 10.2 Å². The minimum absolute atomic E-state index is 0.109. The van der Waals surface area contributed by atoms with Gasteiger partial charge in [-0.15, -0.1) is 11.3 Å². The van der Waals surface area contributed by atoms with E-state index in [2.05, 4.69) is 4.98 Å². The van der Waals surface area contributed by atoms with Crippen molar-refractivity contribution in [2.45, 2.75) is 45.8 Å². The van der Waals surface area contributed by atoms with E-state index in [-0.39, 0.29) is 6.61 Å². The topological polar surface area (TPSA) is 53.4 Å². The van der Waals surface area contributed by atoms with Crippen LogP contribution in [0.25, 0.3) is 0 Å². The minimum Gasteiger partial charge on any atom is -0.390 e. The van der Waals surface area contributed by atoms with Crippen molar-refractivity contribution >= 4 is 11.3 Å². The van der Waals surface area contributed by atoms with Gasteiger partial charge in [-0.25, -0.2) is 4.98 Å². The first-order valence-corrected chi connectivity index (χ1v) is 5.51. The maximum absolute atomic E-state index is 9.86. The van der Waals surface area contributed by atoms with Crippen LogP contribution in [0.4, 0.5) is 0 Å². The maximum Gasteiger partial charge on any atom is 0.0958 e. The molecular formula is C10H17NO2S. The average molecular weight is 215 g/mol. The zero-order valence-corrected chi connectivity index (χ0v) is 9.85. The van der Waals surface area contributed by atoms with E-state index in [9.17, 15) is 5.11 Å². The fourth-order valence-corrected chi connectivity index (χ4v) is 2.28. The molecule has 0 bridgehead atoms. The molecule has 0 unspecified atom stereocenters. The fourth-order valence-electron chi connectivity index (χ4n) is 1.20. The van der Waals surface area contributed by atoms with Gasteiger partial charge >= 0.3 is 0 Å². The molecule has 3 nitrogen and oxygen atoms in total. The van der Waals surface area contributed by atoms with Gasteiger partial charge in [0.25, 0.3) is 0 Å². The minimum atomic E-state index is -0.914.